The lowest BCUT2D eigenvalue weighted by Crippen LogP contribution is -2.41. The van der Waals surface area contributed by atoms with Crippen molar-refractivity contribution < 1.29 is 0 Å². The van der Waals surface area contributed by atoms with Crippen LogP contribution in [0.3, 0.4) is 0 Å². The first-order valence-electron chi connectivity index (χ1n) is 11.7. The van der Waals surface area contributed by atoms with Crippen molar-refractivity contribution in [2.75, 3.05) is 0 Å². The standard InChI is InChI=1S/C27H22Cl2N4O.C2H6/c1-32-16-31-15-25(32)27(30,18-6-4-8-21(29)12-18)19-9-10-24-23(13-19)22(14-26(34)33(24)2)17-5-3-7-20(28)11-17;1-2/h3-16H,30H2,1-2H3;1-2H3. The van der Waals surface area contributed by atoms with E-state index in [1.165, 1.54) is 0 Å². The van der Waals surface area contributed by atoms with E-state index in [4.69, 9.17) is 28.9 Å². The SMILES string of the molecule is CC.Cn1cncc1C(N)(c1cccc(Cl)c1)c1ccc2c(c1)c(-c1cccc(Cl)c1)cc(=O)n2C. The zero-order valence-electron chi connectivity index (χ0n) is 20.7. The number of halogens is 2. The average Bonchev–Trinajstić information content (AvgIpc) is 3.33. The molecule has 5 nitrogen and oxygen atoms in total. The van der Waals surface area contributed by atoms with Crippen LogP contribution >= 0.6 is 23.2 Å². The van der Waals surface area contributed by atoms with Crippen LogP contribution < -0.4 is 11.3 Å². The highest BCUT2D eigenvalue weighted by Crippen LogP contribution is 2.38. The molecule has 1 atom stereocenters. The summed E-state index contributed by atoms with van der Waals surface area (Å²) in [5.41, 5.74) is 11.0. The van der Waals surface area contributed by atoms with Crippen molar-refractivity contribution in [3.63, 3.8) is 0 Å². The molecule has 1 unspecified atom stereocenters. The van der Waals surface area contributed by atoms with E-state index < -0.39 is 5.54 Å². The molecule has 3 aromatic carbocycles. The number of hydrogen-bond acceptors (Lipinski definition) is 3. The Labute approximate surface area is 220 Å². The minimum Gasteiger partial charge on any atom is -0.336 e. The van der Waals surface area contributed by atoms with Gasteiger partial charge in [-0.25, -0.2) is 4.98 Å². The van der Waals surface area contributed by atoms with Crippen molar-refractivity contribution in [2.45, 2.75) is 19.4 Å². The first-order chi connectivity index (χ1) is 17.3. The molecule has 2 N–H and O–H groups in total. The third-order valence-electron chi connectivity index (χ3n) is 6.34. The summed E-state index contributed by atoms with van der Waals surface area (Å²) in [5.74, 6) is 0. The molecule has 184 valence electrons. The maximum Gasteiger partial charge on any atom is 0.251 e. The highest BCUT2D eigenvalue weighted by molar-refractivity contribution is 6.31. The molecule has 2 heterocycles. The number of benzene rings is 3. The molecule has 0 aliphatic heterocycles. The van der Waals surface area contributed by atoms with Gasteiger partial charge in [-0.1, -0.05) is 67.4 Å². The molecular formula is C29H28Cl2N4O. The van der Waals surface area contributed by atoms with Gasteiger partial charge < -0.3 is 14.9 Å². The summed E-state index contributed by atoms with van der Waals surface area (Å²) in [6, 6.07) is 22.6. The molecule has 0 amide bonds. The number of aromatic nitrogens is 3. The Balaban J connectivity index is 0.00000148. The molecule has 5 rings (SSSR count). The maximum absolute atomic E-state index is 12.8. The zero-order valence-corrected chi connectivity index (χ0v) is 22.2. The van der Waals surface area contributed by atoms with Gasteiger partial charge in [0, 0.05) is 35.6 Å². The molecule has 0 radical (unpaired) electrons. The second kappa shape index (κ2) is 10.3. The largest absolute Gasteiger partial charge is 0.336 e. The quantitative estimate of drug-likeness (QED) is 0.294. The van der Waals surface area contributed by atoms with Gasteiger partial charge in [0.1, 0.15) is 5.54 Å². The minimum atomic E-state index is -1.04. The number of aryl methyl sites for hydroxylation is 2. The Morgan fingerprint density at radius 3 is 2.17 bits per heavy atom. The van der Waals surface area contributed by atoms with E-state index in [1.54, 1.807) is 30.2 Å². The molecule has 0 aliphatic carbocycles. The lowest BCUT2D eigenvalue weighted by Gasteiger charge is -2.32. The van der Waals surface area contributed by atoms with Crippen molar-refractivity contribution in [1.82, 2.24) is 14.1 Å². The highest BCUT2D eigenvalue weighted by atomic mass is 35.5. The molecule has 0 spiro atoms. The summed E-state index contributed by atoms with van der Waals surface area (Å²) in [7, 11) is 3.68. The summed E-state index contributed by atoms with van der Waals surface area (Å²) in [6.07, 6.45) is 3.49. The van der Waals surface area contributed by atoms with Crippen molar-refractivity contribution in [2.24, 2.45) is 19.8 Å². The van der Waals surface area contributed by atoms with E-state index in [9.17, 15) is 4.79 Å². The highest BCUT2D eigenvalue weighted by Gasteiger charge is 2.35. The molecular weight excluding hydrogens is 491 g/mol. The lowest BCUT2D eigenvalue weighted by molar-refractivity contribution is 0.596. The number of fused-ring (bicyclic) bond motifs is 1. The summed E-state index contributed by atoms with van der Waals surface area (Å²) < 4.78 is 3.54. The number of pyridine rings is 1. The third-order valence-corrected chi connectivity index (χ3v) is 6.81. The second-order valence-electron chi connectivity index (χ2n) is 8.41. The van der Waals surface area contributed by atoms with E-state index in [2.05, 4.69) is 4.98 Å². The summed E-state index contributed by atoms with van der Waals surface area (Å²) in [4.78, 5) is 17.1. The molecule has 5 aromatic rings. The van der Waals surface area contributed by atoms with Gasteiger partial charge in [-0.3, -0.25) is 4.79 Å². The van der Waals surface area contributed by atoms with Crippen LogP contribution in [0.15, 0.2) is 90.1 Å². The Kier molecular flexibility index (Phi) is 7.36. The number of nitrogens with two attached hydrogens (primary N) is 1. The summed E-state index contributed by atoms with van der Waals surface area (Å²) in [6.45, 7) is 4.00. The molecule has 2 aromatic heterocycles. The number of nitrogens with zero attached hydrogens (tertiary/aromatic N) is 3. The fourth-order valence-electron chi connectivity index (χ4n) is 4.53. The fourth-order valence-corrected chi connectivity index (χ4v) is 4.92. The van der Waals surface area contributed by atoms with E-state index in [-0.39, 0.29) is 5.56 Å². The first kappa shape index (κ1) is 25.7. The van der Waals surface area contributed by atoms with Crippen molar-refractivity contribution >= 4 is 34.1 Å². The van der Waals surface area contributed by atoms with Gasteiger partial charge in [-0.15, -0.1) is 0 Å². The number of imidazole rings is 1. The lowest BCUT2D eigenvalue weighted by atomic mass is 9.80. The van der Waals surface area contributed by atoms with Gasteiger partial charge in [-0.05, 0) is 58.7 Å². The van der Waals surface area contributed by atoms with Crippen LogP contribution in [0.1, 0.15) is 30.7 Å². The summed E-state index contributed by atoms with van der Waals surface area (Å²) >= 11 is 12.6. The van der Waals surface area contributed by atoms with E-state index in [0.717, 1.165) is 38.9 Å². The maximum atomic E-state index is 12.8. The van der Waals surface area contributed by atoms with Crippen molar-refractivity contribution in [3.05, 3.63) is 123 Å². The van der Waals surface area contributed by atoms with Gasteiger partial charge >= 0.3 is 0 Å². The molecule has 0 saturated heterocycles. The molecule has 0 bridgehead atoms. The molecule has 0 saturated carbocycles. The van der Waals surface area contributed by atoms with E-state index in [0.29, 0.717) is 10.0 Å². The minimum absolute atomic E-state index is 0.101. The Hall–Kier alpha value is -3.38. The van der Waals surface area contributed by atoms with Crippen LogP contribution in [0.5, 0.6) is 0 Å². The smallest absolute Gasteiger partial charge is 0.251 e. The van der Waals surface area contributed by atoms with Gasteiger partial charge in [0.25, 0.3) is 5.56 Å². The summed E-state index contributed by atoms with van der Waals surface area (Å²) in [5, 5.41) is 2.09. The predicted octanol–water partition coefficient (Wildman–Crippen LogP) is 6.52. The average molecular weight is 519 g/mol. The fraction of sp³-hybridized carbons (Fsp3) is 0.172. The molecule has 7 heteroatoms. The van der Waals surface area contributed by atoms with Crippen molar-refractivity contribution in [1.29, 1.82) is 0 Å². The second-order valence-corrected chi connectivity index (χ2v) is 9.28. The Bertz CT molecular complexity index is 1610. The third kappa shape index (κ3) is 4.46. The normalized spacial score (nSPS) is 12.6. The number of rotatable bonds is 4. The van der Waals surface area contributed by atoms with Crippen LogP contribution in [0.2, 0.25) is 10.0 Å². The first-order valence-corrected chi connectivity index (χ1v) is 12.5. The van der Waals surface area contributed by atoms with E-state index >= 15 is 0 Å². The van der Waals surface area contributed by atoms with Gasteiger partial charge in [0.05, 0.1) is 23.7 Å². The Morgan fingerprint density at radius 1 is 0.861 bits per heavy atom. The Morgan fingerprint density at radius 2 is 1.53 bits per heavy atom. The van der Waals surface area contributed by atoms with E-state index in [1.807, 2.05) is 92.2 Å². The van der Waals surface area contributed by atoms with Crippen LogP contribution in [-0.2, 0) is 19.6 Å². The molecule has 0 fully saturated rings. The van der Waals surface area contributed by atoms with Crippen LogP contribution in [0.4, 0.5) is 0 Å². The van der Waals surface area contributed by atoms with Crippen LogP contribution in [-0.4, -0.2) is 14.1 Å². The predicted molar refractivity (Wildman–Crippen MR) is 150 cm³/mol. The van der Waals surface area contributed by atoms with Gasteiger partial charge in [-0.2, -0.15) is 0 Å². The number of hydrogen-bond donors (Lipinski definition) is 1. The topological polar surface area (TPSA) is 65.8 Å². The molecule has 36 heavy (non-hydrogen) atoms. The van der Waals surface area contributed by atoms with Gasteiger partial charge in [0.2, 0.25) is 0 Å². The monoisotopic (exact) mass is 518 g/mol. The van der Waals surface area contributed by atoms with Crippen LogP contribution in [0, 0.1) is 0 Å². The zero-order chi connectivity index (χ0) is 26.0. The van der Waals surface area contributed by atoms with Gasteiger partial charge in [0.15, 0.2) is 0 Å². The van der Waals surface area contributed by atoms with Crippen LogP contribution in [0.25, 0.3) is 22.0 Å². The molecule has 0 aliphatic rings. The van der Waals surface area contributed by atoms with Crippen molar-refractivity contribution in [3.8, 4) is 11.1 Å².